The minimum Gasteiger partial charge on any atom is -0.497 e. The van der Waals surface area contributed by atoms with Crippen LogP contribution in [0, 0.1) is 5.92 Å². The van der Waals surface area contributed by atoms with E-state index in [-0.39, 0.29) is 6.04 Å². The predicted octanol–water partition coefficient (Wildman–Crippen LogP) is 3.28. The SMILES string of the molecule is COc1ccc(OC[C@@H](C)NCc2cnc(N3CCC(C)CC3)nc2)cc1. The first-order valence-corrected chi connectivity index (χ1v) is 9.70. The van der Waals surface area contributed by atoms with Gasteiger partial charge in [0, 0.05) is 43.6 Å². The Bertz CT molecular complexity index is 682. The molecule has 27 heavy (non-hydrogen) atoms. The molecule has 6 heteroatoms. The lowest BCUT2D eigenvalue weighted by Crippen LogP contribution is -2.34. The molecule has 1 saturated heterocycles. The van der Waals surface area contributed by atoms with E-state index in [2.05, 4.69) is 34.0 Å². The summed E-state index contributed by atoms with van der Waals surface area (Å²) in [4.78, 5) is 11.4. The normalized spacial score (nSPS) is 16.2. The van der Waals surface area contributed by atoms with Gasteiger partial charge in [0.2, 0.25) is 5.95 Å². The van der Waals surface area contributed by atoms with E-state index in [4.69, 9.17) is 9.47 Å². The Morgan fingerprint density at radius 1 is 1.11 bits per heavy atom. The fourth-order valence-corrected chi connectivity index (χ4v) is 3.06. The van der Waals surface area contributed by atoms with Crippen LogP contribution in [0.3, 0.4) is 0 Å². The lowest BCUT2D eigenvalue weighted by atomic mass is 10.00. The first kappa shape index (κ1) is 19.4. The van der Waals surface area contributed by atoms with Crippen LogP contribution in [0.4, 0.5) is 5.95 Å². The second-order valence-corrected chi connectivity index (χ2v) is 7.33. The number of benzene rings is 1. The molecule has 2 heterocycles. The van der Waals surface area contributed by atoms with Gasteiger partial charge in [-0.3, -0.25) is 0 Å². The highest BCUT2D eigenvalue weighted by atomic mass is 16.5. The van der Waals surface area contributed by atoms with Gasteiger partial charge in [-0.15, -0.1) is 0 Å². The van der Waals surface area contributed by atoms with Crippen LogP contribution in [-0.2, 0) is 6.54 Å². The summed E-state index contributed by atoms with van der Waals surface area (Å²) in [7, 11) is 1.66. The third kappa shape index (κ3) is 5.82. The highest BCUT2D eigenvalue weighted by Gasteiger charge is 2.17. The van der Waals surface area contributed by atoms with Crippen LogP contribution in [0.2, 0.25) is 0 Å². The quantitative estimate of drug-likeness (QED) is 0.770. The Morgan fingerprint density at radius 3 is 2.37 bits per heavy atom. The number of piperidine rings is 1. The molecule has 0 saturated carbocycles. The average Bonchev–Trinajstić information content (AvgIpc) is 2.72. The molecular formula is C21H30N4O2. The minimum atomic E-state index is 0.218. The second kappa shape index (κ2) is 9.55. The molecule has 1 aromatic carbocycles. The van der Waals surface area contributed by atoms with E-state index in [1.54, 1.807) is 7.11 Å². The summed E-state index contributed by atoms with van der Waals surface area (Å²) in [5, 5.41) is 3.45. The van der Waals surface area contributed by atoms with E-state index in [1.165, 1.54) is 12.8 Å². The topological polar surface area (TPSA) is 59.5 Å². The number of nitrogens with zero attached hydrogens (tertiary/aromatic N) is 3. The van der Waals surface area contributed by atoms with Crippen LogP contribution in [0.15, 0.2) is 36.7 Å². The number of rotatable bonds is 8. The van der Waals surface area contributed by atoms with Gasteiger partial charge in [0.25, 0.3) is 0 Å². The largest absolute Gasteiger partial charge is 0.497 e. The number of methoxy groups -OCH3 is 1. The van der Waals surface area contributed by atoms with Crippen LogP contribution in [0.5, 0.6) is 11.5 Å². The van der Waals surface area contributed by atoms with Crippen molar-refractivity contribution in [1.29, 1.82) is 0 Å². The molecule has 1 atom stereocenters. The lowest BCUT2D eigenvalue weighted by molar-refractivity contribution is 0.272. The van der Waals surface area contributed by atoms with Crippen molar-refractivity contribution in [1.82, 2.24) is 15.3 Å². The van der Waals surface area contributed by atoms with E-state index >= 15 is 0 Å². The first-order chi connectivity index (χ1) is 13.1. The number of nitrogens with one attached hydrogen (secondary N) is 1. The fourth-order valence-electron chi connectivity index (χ4n) is 3.06. The van der Waals surface area contributed by atoms with E-state index in [9.17, 15) is 0 Å². The third-order valence-corrected chi connectivity index (χ3v) is 4.97. The average molecular weight is 370 g/mol. The van der Waals surface area contributed by atoms with Crippen LogP contribution in [0.1, 0.15) is 32.3 Å². The van der Waals surface area contributed by atoms with Crippen molar-refractivity contribution in [2.75, 3.05) is 31.7 Å². The second-order valence-electron chi connectivity index (χ2n) is 7.33. The molecule has 1 aromatic heterocycles. The summed E-state index contributed by atoms with van der Waals surface area (Å²) in [5.41, 5.74) is 1.08. The molecule has 1 aliphatic heterocycles. The van der Waals surface area contributed by atoms with Crippen LogP contribution in [-0.4, -0.2) is 42.8 Å². The van der Waals surface area contributed by atoms with Gasteiger partial charge in [0.15, 0.2) is 0 Å². The Labute approximate surface area is 161 Å². The lowest BCUT2D eigenvalue weighted by Gasteiger charge is -2.30. The zero-order valence-electron chi connectivity index (χ0n) is 16.5. The highest BCUT2D eigenvalue weighted by molar-refractivity contribution is 5.31. The number of aromatic nitrogens is 2. The summed E-state index contributed by atoms with van der Waals surface area (Å²) in [6.07, 6.45) is 6.28. The van der Waals surface area contributed by atoms with Crippen molar-refractivity contribution in [3.05, 3.63) is 42.2 Å². The van der Waals surface area contributed by atoms with Gasteiger partial charge < -0.3 is 19.7 Å². The number of hydrogen-bond acceptors (Lipinski definition) is 6. The van der Waals surface area contributed by atoms with Crippen molar-refractivity contribution in [2.45, 2.75) is 39.3 Å². The van der Waals surface area contributed by atoms with Gasteiger partial charge in [0.1, 0.15) is 18.1 Å². The Morgan fingerprint density at radius 2 is 1.74 bits per heavy atom. The van der Waals surface area contributed by atoms with E-state index < -0.39 is 0 Å². The monoisotopic (exact) mass is 370 g/mol. The molecule has 1 fully saturated rings. The summed E-state index contributed by atoms with van der Waals surface area (Å²) in [6, 6.07) is 7.85. The zero-order chi connectivity index (χ0) is 19.1. The van der Waals surface area contributed by atoms with Crippen molar-refractivity contribution in [3.8, 4) is 11.5 Å². The molecule has 0 radical (unpaired) electrons. The van der Waals surface area contributed by atoms with Gasteiger partial charge >= 0.3 is 0 Å². The molecule has 0 bridgehead atoms. The maximum Gasteiger partial charge on any atom is 0.225 e. The van der Waals surface area contributed by atoms with Gasteiger partial charge in [0.05, 0.1) is 7.11 Å². The summed E-state index contributed by atoms with van der Waals surface area (Å²) >= 11 is 0. The number of anilines is 1. The molecule has 0 amide bonds. The maximum absolute atomic E-state index is 5.81. The first-order valence-electron chi connectivity index (χ1n) is 9.70. The Kier molecular flexibility index (Phi) is 6.87. The van der Waals surface area contributed by atoms with Crippen molar-refractivity contribution in [3.63, 3.8) is 0 Å². The van der Waals surface area contributed by atoms with E-state index in [1.807, 2.05) is 36.7 Å². The Hall–Kier alpha value is -2.34. The minimum absolute atomic E-state index is 0.218. The molecule has 0 spiro atoms. The van der Waals surface area contributed by atoms with Gasteiger partial charge in [-0.2, -0.15) is 0 Å². The molecule has 6 nitrogen and oxygen atoms in total. The Balaban J connectivity index is 1.41. The predicted molar refractivity (Wildman–Crippen MR) is 107 cm³/mol. The molecule has 0 aliphatic carbocycles. The fraction of sp³-hybridized carbons (Fsp3) is 0.524. The van der Waals surface area contributed by atoms with E-state index in [0.29, 0.717) is 6.61 Å². The smallest absolute Gasteiger partial charge is 0.225 e. The standard InChI is InChI=1S/C21H30N4O2/c1-16-8-10-25(11-9-16)21-23-13-18(14-24-21)12-22-17(2)15-27-20-6-4-19(26-3)5-7-20/h4-7,13-14,16-17,22H,8-12,15H2,1-3H3/t17-/m1/s1. The summed E-state index contributed by atoms with van der Waals surface area (Å²) in [6.45, 7) is 7.85. The van der Waals surface area contributed by atoms with Gasteiger partial charge in [-0.1, -0.05) is 6.92 Å². The molecular weight excluding hydrogens is 340 g/mol. The summed E-state index contributed by atoms with van der Waals surface area (Å²) in [5.74, 6) is 3.33. The molecule has 1 aliphatic rings. The van der Waals surface area contributed by atoms with E-state index in [0.717, 1.165) is 48.6 Å². The van der Waals surface area contributed by atoms with Gasteiger partial charge in [-0.25, -0.2) is 9.97 Å². The van der Waals surface area contributed by atoms with Gasteiger partial charge in [-0.05, 0) is 49.9 Å². The number of ether oxygens (including phenoxy) is 2. The van der Waals surface area contributed by atoms with Crippen LogP contribution < -0.4 is 19.7 Å². The number of hydrogen-bond donors (Lipinski definition) is 1. The molecule has 1 N–H and O–H groups in total. The van der Waals surface area contributed by atoms with Crippen molar-refractivity contribution < 1.29 is 9.47 Å². The summed E-state index contributed by atoms with van der Waals surface area (Å²) < 4.78 is 11.0. The molecule has 2 aromatic rings. The third-order valence-electron chi connectivity index (χ3n) is 4.97. The van der Waals surface area contributed by atoms with Crippen LogP contribution in [0.25, 0.3) is 0 Å². The molecule has 146 valence electrons. The zero-order valence-corrected chi connectivity index (χ0v) is 16.5. The molecule has 3 rings (SSSR count). The highest BCUT2D eigenvalue weighted by Crippen LogP contribution is 2.20. The van der Waals surface area contributed by atoms with Crippen molar-refractivity contribution >= 4 is 5.95 Å². The maximum atomic E-state index is 5.81. The molecule has 0 unspecified atom stereocenters. The van der Waals surface area contributed by atoms with Crippen LogP contribution >= 0.6 is 0 Å². The van der Waals surface area contributed by atoms with Crippen molar-refractivity contribution in [2.24, 2.45) is 5.92 Å².